The topological polar surface area (TPSA) is 45.4 Å². The summed E-state index contributed by atoms with van der Waals surface area (Å²) in [4.78, 5) is 12.9. The number of aromatic nitrogens is 2. The van der Waals surface area contributed by atoms with Crippen molar-refractivity contribution in [1.29, 1.82) is 0 Å². The van der Waals surface area contributed by atoms with Gasteiger partial charge in [-0.3, -0.25) is 9.13 Å². The van der Waals surface area contributed by atoms with Gasteiger partial charge in [0.1, 0.15) is 13.5 Å². The molecule has 0 saturated heterocycles. The quantitative estimate of drug-likeness (QED) is 0.671. The van der Waals surface area contributed by atoms with Crippen molar-refractivity contribution in [2.45, 2.75) is 53.5 Å². The van der Waals surface area contributed by atoms with E-state index in [2.05, 4.69) is 19.1 Å². The average molecular weight is 332 g/mol. The lowest BCUT2D eigenvalue weighted by Gasteiger charge is -2.11. The molecule has 1 aromatic heterocycles. The molecule has 0 aliphatic heterocycles. The predicted octanol–water partition coefficient (Wildman–Crippen LogP) is 3.18. The Morgan fingerprint density at radius 2 is 1.46 bits per heavy atom. The monoisotopic (exact) mass is 332 g/mol. The molecule has 24 heavy (non-hydrogen) atoms. The summed E-state index contributed by atoms with van der Waals surface area (Å²) in [6.07, 6.45) is 2.55. The number of hydrogen-bond donors (Lipinski definition) is 0. The van der Waals surface area contributed by atoms with E-state index in [1.54, 1.807) is 9.13 Å². The van der Waals surface area contributed by atoms with Gasteiger partial charge in [0.25, 0.3) is 0 Å². The van der Waals surface area contributed by atoms with Gasteiger partial charge in [0, 0.05) is 31.0 Å². The number of imidazole rings is 1. The first kappa shape index (κ1) is 18.5. The molecule has 1 aromatic carbocycles. The van der Waals surface area contributed by atoms with Gasteiger partial charge in [-0.2, -0.15) is 0 Å². The molecule has 1 heterocycles. The lowest BCUT2D eigenvalue weighted by atomic mass is 10.1. The van der Waals surface area contributed by atoms with Crippen molar-refractivity contribution in [3.63, 3.8) is 0 Å². The van der Waals surface area contributed by atoms with Crippen LogP contribution in [0.25, 0.3) is 0 Å². The first-order valence-corrected chi connectivity index (χ1v) is 8.73. The molecule has 0 bridgehead atoms. The van der Waals surface area contributed by atoms with Gasteiger partial charge in [0.05, 0.1) is 0 Å². The Kier molecular flexibility index (Phi) is 7.28. The molecular weight excluding hydrogens is 304 g/mol. The van der Waals surface area contributed by atoms with Crippen LogP contribution in [0.4, 0.5) is 0 Å². The minimum absolute atomic E-state index is 0.0497. The van der Waals surface area contributed by atoms with Gasteiger partial charge >= 0.3 is 5.69 Å². The van der Waals surface area contributed by atoms with Crippen LogP contribution >= 0.6 is 0 Å². The van der Waals surface area contributed by atoms with Crippen LogP contribution in [0.5, 0.6) is 0 Å². The van der Waals surface area contributed by atoms with Crippen molar-refractivity contribution < 1.29 is 9.47 Å². The van der Waals surface area contributed by atoms with Crippen LogP contribution in [0.2, 0.25) is 0 Å². The highest BCUT2D eigenvalue weighted by molar-refractivity contribution is 5.26. The van der Waals surface area contributed by atoms with Crippen LogP contribution in [0.15, 0.2) is 35.1 Å². The fraction of sp³-hybridized carbons (Fsp3) is 0.526. The molecule has 132 valence electrons. The maximum atomic E-state index is 12.9. The zero-order valence-corrected chi connectivity index (χ0v) is 15.0. The van der Waals surface area contributed by atoms with Crippen molar-refractivity contribution in [1.82, 2.24) is 9.13 Å². The van der Waals surface area contributed by atoms with E-state index < -0.39 is 0 Å². The lowest BCUT2D eigenvalue weighted by Crippen LogP contribution is -2.27. The van der Waals surface area contributed by atoms with Crippen LogP contribution in [0.3, 0.4) is 0 Å². The van der Waals surface area contributed by atoms with Crippen molar-refractivity contribution in [3.05, 3.63) is 57.8 Å². The fourth-order valence-corrected chi connectivity index (χ4v) is 2.82. The van der Waals surface area contributed by atoms with E-state index in [-0.39, 0.29) is 12.4 Å². The van der Waals surface area contributed by atoms with E-state index in [1.807, 2.05) is 32.0 Å². The van der Waals surface area contributed by atoms with E-state index in [0.29, 0.717) is 19.9 Å². The highest BCUT2D eigenvalue weighted by Crippen LogP contribution is 2.16. The number of ether oxygens (including phenoxy) is 2. The molecule has 0 unspecified atom stereocenters. The normalized spacial score (nSPS) is 11.1. The lowest BCUT2D eigenvalue weighted by molar-refractivity contribution is 0.0727. The summed E-state index contributed by atoms with van der Waals surface area (Å²) in [5.74, 6) is 0. The molecule has 0 saturated carbocycles. The summed E-state index contributed by atoms with van der Waals surface area (Å²) in [6, 6.07) is 10.2. The third-order valence-electron chi connectivity index (χ3n) is 4.00. The Bertz CT molecular complexity index is 674. The van der Waals surface area contributed by atoms with Crippen molar-refractivity contribution >= 4 is 0 Å². The predicted molar refractivity (Wildman–Crippen MR) is 95.2 cm³/mol. The summed E-state index contributed by atoms with van der Waals surface area (Å²) >= 11 is 0. The Balaban J connectivity index is 2.47. The minimum atomic E-state index is -0.0497. The second-order valence-electron chi connectivity index (χ2n) is 5.69. The first-order chi connectivity index (χ1) is 11.7. The Hall–Kier alpha value is -1.85. The number of hydrogen-bond acceptors (Lipinski definition) is 3. The maximum absolute atomic E-state index is 12.9. The van der Waals surface area contributed by atoms with Gasteiger partial charge in [0.15, 0.2) is 0 Å². The van der Waals surface area contributed by atoms with Gasteiger partial charge in [-0.15, -0.1) is 0 Å². The highest BCUT2D eigenvalue weighted by atomic mass is 16.5. The third-order valence-corrected chi connectivity index (χ3v) is 4.00. The van der Waals surface area contributed by atoms with E-state index >= 15 is 0 Å². The molecule has 5 heteroatoms. The minimum Gasteiger partial charge on any atom is -0.361 e. The standard InChI is InChI=1S/C19H28N2O3/c1-4-10-17-18(13-16-11-8-7-9-12-16)21(15-24-6-3)19(22)20(17)14-23-5-2/h7-9,11-12H,4-6,10,13-15H2,1-3H3. The molecule has 2 aromatic rings. The van der Waals surface area contributed by atoms with Crippen molar-refractivity contribution in [2.24, 2.45) is 0 Å². The summed E-state index contributed by atoms with van der Waals surface area (Å²) in [5, 5.41) is 0. The highest BCUT2D eigenvalue weighted by Gasteiger charge is 2.19. The molecule has 0 fully saturated rings. The molecule has 2 rings (SSSR count). The molecule has 0 radical (unpaired) electrons. The molecule has 0 N–H and O–H groups in total. The molecule has 0 spiro atoms. The van der Waals surface area contributed by atoms with Crippen LogP contribution in [0.1, 0.15) is 44.1 Å². The molecule has 0 amide bonds. The van der Waals surface area contributed by atoms with Gasteiger partial charge in [-0.1, -0.05) is 43.7 Å². The molecule has 0 aliphatic carbocycles. The van der Waals surface area contributed by atoms with E-state index in [0.717, 1.165) is 30.7 Å². The van der Waals surface area contributed by atoms with Gasteiger partial charge < -0.3 is 9.47 Å². The van der Waals surface area contributed by atoms with E-state index in [1.165, 1.54) is 5.56 Å². The first-order valence-electron chi connectivity index (χ1n) is 8.73. The molecular formula is C19H28N2O3. The smallest absolute Gasteiger partial charge is 0.332 e. The van der Waals surface area contributed by atoms with Crippen molar-refractivity contribution in [2.75, 3.05) is 13.2 Å². The molecule has 0 aliphatic rings. The van der Waals surface area contributed by atoms with Crippen LogP contribution in [-0.4, -0.2) is 22.3 Å². The van der Waals surface area contributed by atoms with Gasteiger partial charge in [0.2, 0.25) is 0 Å². The number of benzene rings is 1. The molecule has 0 atom stereocenters. The molecule has 5 nitrogen and oxygen atoms in total. The average Bonchev–Trinajstić information content (AvgIpc) is 2.84. The van der Waals surface area contributed by atoms with Crippen LogP contribution in [-0.2, 0) is 35.8 Å². The number of nitrogens with zero attached hydrogens (tertiary/aromatic N) is 2. The Labute approximate surface area is 143 Å². The van der Waals surface area contributed by atoms with Crippen LogP contribution < -0.4 is 5.69 Å². The number of rotatable bonds is 10. The second-order valence-corrected chi connectivity index (χ2v) is 5.69. The van der Waals surface area contributed by atoms with Crippen LogP contribution in [0, 0.1) is 0 Å². The summed E-state index contributed by atoms with van der Waals surface area (Å²) < 4.78 is 14.6. The van der Waals surface area contributed by atoms with E-state index in [4.69, 9.17) is 9.47 Å². The SMILES string of the molecule is CCCc1c(Cc2ccccc2)n(COCC)c(=O)n1COCC. The largest absolute Gasteiger partial charge is 0.361 e. The second kappa shape index (κ2) is 9.45. The summed E-state index contributed by atoms with van der Waals surface area (Å²) in [5.41, 5.74) is 3.22. The fourth-order valence-electron chi connectivity index (χ4n) is 2.82. The summed E-state index contributed by atoms with van der Waals surface area (Å²) in [6.45, 7) is 7.75. The zero-order chi connectivity index (χ0) is 17.4. The Morgan fingerprint density at radius 3 is 2.00 bits per heavy atom. The third kappa shape index (κ3) is 4.36. The van der Waals surface area contributed by atoms with Gasteiger partial charge in [-0.25, -0.2) is 4.79 Å². The zero-order valence-electron chi connectivity index (χ0n) is 15.0. The maximum Gasteiger partial charge on any atom is 0.332 e. The van der Waals surface area contributed by atoms with Gasteiger partial charge in [-0.05, 0) is 25.8 Å². The Morgan fingerprint density at radius 1 is 0.875 bits per heavy atom. The van der Waals surface area contributed by atoms with Crippen molar-refractivity contribution in [3.8, 4) is 0 Å². The summed E-state index contributed by atoms with van der Waals surface area (Å²) in [7, 11) is 0. The van der Waals surface area contributed by atoms with E-state index in [9.17, 15) is 4.79 Å².